The Kier molecular flexibility index (Phi) is 5.17. The lowest BCUT2D eigenvalue weighted by atomic mass is 9.82. The van der Waals surface area contributed by atoms with Crippen LogP contribution in [0.15, 0.2) is 54.6 Å². The van der Waals surface area contributed by atoms with Crippen molar-refractivity contribution in [3.63, 3.8) is 0 Å². The third kappa shape index (κ3) is 3.29. The van der Waals surface area contributed by atoms with Gasteiger partial charge < -0.3 is 25.4 Å². The van der Waals surface area contributed by atoms with Gasteiger partial charge in [-0.05, 0) is 18.9 Å². The second-order valence-corrected chi connectivity index (χ2v) is 9.71. The maximum atomic E-state index is 14.1. The summed E-state index contributed by atoms with van der Waals surface area (Å²) in [5, 5.41) is 22.8. The second kappa shape index (κ2) is 8.31. The summed E-state index contributed by atoms with van der Waals surface area (Å²) in [5.74, 6) is -2.40. The van der Waals surface area contributed by atoms with Crippen molar-refractivity contribution < 1.29 is 24.6 Å². The number of nitrogens with zero attached hydrogens (tertiary/aromatic N) is 2. The van der Waals surface area contributed by atoms with Crippen molar-refractivity contribution in [3.8, 4) is 11.5 Å². The lowest BCUT2D eigenvalue weighted by Crippen LogP contribution is -2.33. The number of phenols is 2. The predicted octanol–water partition coefficient (Wildman–Crippen LogP) is 3.36. The Bertz CT molecular complexity index is 1640. The molecule has 1 fully saturated rings. The summed E-state index contributed by atoms with van der Waals surface area (Å²) in [6.45, 7) is 2.77. The van der Waals surface area contributed by atoms with Gasteiger partial charge in [-0.15, -0.1) is 0 Å². The molecule has 186 valence electrons. The molecule has 0 radical (unpaired) electrons. The number of carbonyl (C=O) groups is 3. The highest BCUT2D eigenvalue weighted by Crippen LogP contribution is 2.46. The summed E-state index contributed by atoms with van der Waals surface area (Å²) in [4.78, 5) is 43.5. The monoisotopic (exact) mass is 495 g/mol. The van der Waals surface area contributed by atoms with Gasteiger partial charge in [-0.3, -0.25) is 14.4 Å². The fourth-order valence-corrected chi connectivity index (χ4v) is 5.64. The number of hydrogen-bond acceptors (Lipinski definition) is 6. The van der Waals surface area contributed by atoms with Crippen molar-refractivity contribution in [1.29, 1.82) is 0 Å². The van der Waals surface area contributed by atoms with Gasteiger partial charge in [0.15, 0.2) is 0 Å². The molecule has 3 aromatic carbocycles. The first kappa shape index (κ1) is 23.0. The normalized spacial score (nSPS) is 16.8. The van der Waals surface area contributed by atoms with Crippen LogP contribution in [0.25, 0.3) is 10.8 Å². The molecular weight excluding hydrogens is 470 g/mol. The van der Waals surface area contributed by atoms with Crippen LogP contribution in [-0.4, -0.2) is 56.3 Å². The molecule has 8 nitrogen and oxygen atoms in total. The summed E-state index contributed by atoms with van der Waals surface area (Å²) in [6.07, 6.45) is 0.647. The summed E-state index contributed by atoms with van der Waals surface area (Å²) in [6, 6.07) is 15.8. The van der Waals surface area contributed by atoms with Gasteiger partial charge in [0.05, 0.1) is 22.3 Å². The molecule has 1 saturated heterocycles. The number of ketones is 2. The van der Waals surface area contributed by atoms with Gasteiger partial charge in [0.25, 0.3) is 5.91 Å². The maximum Gasteiger partial charge on any atom is 0.256 e. The number of phenolic OH excluding ortho intramolecular Hbond substituents is 2. The first-order valence-corrected chi connectivity index (χ1v) is 12.2. The number of fused-ring (bicyclic) bond motifs is 3. The van der Waals surface area contributed by atoms with Gasteiger partial charge in [0.2, 0.25) is 11.6 Å². The Morgan fingerprint density at radius 1 is 0.919 bits per heavy atom. The molecule has 0 saturated carbocycles. The molecule has 37 heavy (non-hydrogen) atoms. The number of aromatic nitrogens is 1. The third-order valence-corrected chi connectivity index (χ3v) is 7.49. The topological polar surface area (TPSA) is 126 Å². The van der Waals surface area contributed by atoms with Gasteiger partial charge >= 0.3 is 0 Å². The minimum absolute atomic E-state index is 0.0377. The van der Waals surface area contributed by atoms with Crippen LogP contribution in [0, 0.1) is 6.92 Å². The van der Waals surface area contributed by atoms with E-state index in [1.54, 1.807) is 40.7 Å². The summed E-state index contributed by atoms with van der Waals surface area (Å²) < 4.78 is 1.67. The minimum atomic E-state index is -0.662. The highest BCUT2D eigenvalue weighted by molar-refractivity contribution is 6.34. The average molecular weight is 496 g/mol. The lowest BCUT2D eigenvalue weighted by Gasteiger charge is -2.22. The van der Waals surface area contributed by atoms with Gasteiger partial charge in [-0.2, -0.15) is 0 Å². The van der Waals surface area contributed by atoms with Crippen molar-refractivity contribution in [1.82, 2.24) is 9.47 Å². The van der Waals surface area contributed by atoms with E-state index in [9.17, 15) is 24.6 Å². The van der Waals surface area contributed by atoms with Gasteiger partial charge in [0, 0.05) is 42.1 Å². The van der Waals surface area contributed by atoms with E-state index in [2.05, 4.69) is 0 Å². The van der Waals surface area contributed by atoms with E-state index in [4.69, 9.17) is 5.73 Å². The molecule has 2 heterocycles. The van der Waals surface area contributed by atoms with Crippen LogP contribution in [0.2, 0.25) is 0 Å². The molecule has 8 heteroatoms. The standard InChI is InChI=1S/C29H25N3O5/c1-15-20(29(37)31-12-11-17(30)14-31)21-24(32(15)13-16-7-3-2-4-8-16)28(36)23-22(27(21)35)25(33)18-9-5-6-10-19(18)26(23)34/h2-10,17,33-34H,11-14,30H2,1H3/t17-/m0/s1. The van der Waals surface area contributed by atoms with Crippen molar-refractivity contribution in [2.24, 2.45) is 5.73 Å². The molecule has 1 amide bonds. The predicted molar refractivity (Wildman–Crippen MR) is 137 cm³/mol. The van der Waals surface area contributed by atoms with Crippen LogP contribution in [0.3, 0.4) is 0 Å². The van der Waals surface area contributed by atoms with Crippen LogP contribution in [0.1, 0.15) is 60.0 Å². The molecule has 1 aliphatic heterocycles. The molecule has 1 aromatic heterocycles. The fraction of sp³-hybridized carbons (Fsp3) is 0.207. The van der Waals surface area contributed by atoms with E-state index in [0.29, 0.717) is 25.2 Å². The Balaban J connectivity index is 1.63. The van der Waals surface area contributed by atoms with Crippen LogP contribution in [-0.2, 0) is 6.54 Å². The zero-order valence-corrected chi connectivity index (χ0v) is 20.2. The van der Waals surface area contributed by atoms with E-state index in [1.807, 2.05) is 30.3 Å². The molecule has 1 aliphatic carbocycles. The largest absolute Gasteiger partial charge is 0.506 e. The smallest absolute Gasteiger partial charge is 0.256 e. The molecule has 2 aliphatic rings. The highest BCUT2D eigenvalue weighted by Gasteiger charge is 2.43. The van der Waals surface area contributed by atoms with E-state index in [1.165, 1.54) is 0 Å². The first-order valence-electron chi connectivity index (χ1n) is 12.2. The molecule has 4 aromatic rings. The zero-order valence-electron chi connectivity index (χ0n) is 20.2. The first-order chi connectivity index (χ1) is 17.8. The van der Waals surface area contributed by atoms with E-state index in [0.717, 1.165) is 5.56 Å². The van der Waals surface area contributed by atoms with Crippen molar-refractivity contribution >= 4 is 28.2 Å². The van der Waals surface area contributed by atoms with Crippen LogP contribution in [0.4, 0.5) is 0 Å². The summed E-state index contributed by atoms with van der Waals surface area (Å²) in [7, 11) is 0. The Hall–Kier alpha value is -4.43. The SMILES string of the molecule is Cc1c(C(=O)N2CC[C@H](N)C2)c2c(n1Cc1ccccc1)C(=O)c1c(c(O)c3ccccc3c1O)C2=O. The van der Waals surface area contributed by atoms with Crippen molar-refractivity contribution in [3.05, 3.63) is 93.8 Å². The number of aromatic hydroxyl groups is 2. The summed E-state index contributed by atoms with van der Waals surface area (Å²) in [5.41, 5.74) is 7.00. The number of hydrogen-bond donors (Lipinski definition) is 3. The van der Waals surface area contributed by atoms with E-state index >= 15 is 0 Å². The number of likely N-dealkylation sites (tertiary alicyclic amines) is 1. The second-order valence-electron chi connectivity index (χ2n) is 9.71. The molecule has 0 spiro atoms. The van der Waals surface area contributed by atoms with E-state index in [-0.39, 0.29) is 68.7 Å². The van der Waals surface area contributed by atoms with Gasteiger partial charge in [0.1, 0.15) is 17.2 Å². The number of benzene rings is 3. The molecule has 0 bridgehead atoms. The minimum Gasteiger partial charge on any atom is -0.506 e. The fourth-order valence-electron chi connectivity index (χ4n) is 5.64. The molecule has 6 rings (SSSR count). The number of rotatable bonds is 3. The van der Waals surface area contributed by atoms with Crippen LogP contribution >= 0.6 is 0 Å². The van der Waals surface area contributed by atoms with E-state index < -0.39 is 11.6 Å². The summed E-state index contributed by atoms with van der Waals surface area (Å²) >= 11 is 0. The molecule has 1 atom stereocenters. The number of carbonyl (C=O) groups excluding carboxylic acids is 3. The Morgan fingerprint density at radius 3 is 2.11 bits per heavy atom. The van der Waals surface area contributed by atoms with Crippen LogP contribution in [0.5, 0.6) is 11.5 Å². The van der Waals surface area contributed by atoms with Gasteiger partial charge in [-0.25, -0.2) is 0 Å². The number of nitrogens with two attached hydrogens (primary N) is 1. The van der Waals surface area contributed by atoms with Crippen LogP contribution < -0.4 is 5.73 Å². The number of amides is 1. The highest BCUT2D eigenvalue weighted by atomic mass is 16.3. The Morgan fingerprint density at radius 2 is 1.51 bits per heavy atom. The molecule has 0 unspecified atom stereocenters. The average Bonchev–Trinajstić information content (AvgIpc) is 3.46. The third-order valence-electron chi connectivity index (χ3n) is 7.49. The zero-order chi connectivity index (χ0) is 26.0. The van der Waals surface area contributed by atoms with Crippen molar-refractivity contribution in [2.75, 3.05) is 13.1 Å². The van der Waals surface area contributed by atoms with Crippen molar-refractivity contribution in [2.45, 2.75) is 25.9 Å². The lowest BCUT2D eigenvalue weighted by molar-refractivity contribution is 0.0785. The molecule has 4 N–H and O–H groups in total. The van der Waals surface area contributed by atoms with Gasteiger partial charge in [-0.1, -0.05) is 54.6 Å². The Labute approximate surface area is 212 Å². The molecular formula is C29H25N3O5. The quantitative estimate of drug-likeness (QED) is 0.330. The maximum absolute atomic E-state index is 14.1.